The first-order chi connectivity index (χ1) is 15.3. The molecule has 162 valence electrons. The zero-order valence-corrected chi connectivity index (χ0v) is 18.1. The van der Waals surface area contributed by atoms with Crippen LogP contribution in [-0.2, 0) is 17.6 Å². The lowest BCUT2D eigenvalue weighted by Gasteiger charge is -2.16. The van der Waals surface area contributed by atoms with E-state index in [4.69, 9.17) is 17.0 Å². The second-order valence-electron chi connectivity index (χ2n) is 6.91. The lowest BCUT2D eigenvalue weighted by molar-refractivity contribution is -0.137. The van der Waals surface area contributed by atoms with E-state index in [1.54, 1.807) is 18.2 Å². The van der Waals surface area contributed by atoms with Crippen LogP contribution in [-0.4, -0.2) is 10.2 Å². The Morgan fingerprint density at radius 1 is 0.969 bits per heavy atom. The third kappa shape index (κ3) is 5.03. The number of alkyl halides is 3. The highest BCUT2D eigenvalue weighted by Gasteiger charge is 2.36. The van der Waals surface area contributed by atoms with Gasteiger partial charge in [0.25, 0.3) is 5.91 Å². The minimum atomic E-state index is -4.51. The van der Waals surface area contributed by atoms with Crippen LogP contribution in [0.5, 0.6) is 5.75 Å². The van der Waals surface area contributed by atoms with Crippen molar-refractivity contribution < 1.29 is 22.7 Å². The van der Waals surface area contributed by atoms with Gasteiger partial charge in [-0.25, -0.2) is 0 Å². The van der Waals surface area contributed by atoms with Gasteiger partial charge in [-0.05, 0) is 47.5 Å². The second kappa shape index (κ2) is 9.18. The van der Waals surface area contributed by atoms with Gasteiger partial charge in [0.15, 0.2) is 4.32 Å². The van der Waals surface area contributed by atoms with E-state index in [2.05, 4.69) is 0 Å². The van der Waals surface area contributed by atoms with Crippen molar-refractivity contribution in [3.8, 4) is 5.75 Å². The molecule has 3 aromatic carbocycles. The average Bonchev–Trinajstić information content (AvgIpc) is 3.05. The van der Waals surface area contributed by atoms with Crippen LogP contribution in [0.25, 0.3) is 6.08 Å². The Kier molecular flexibility index (Phi) is 6.34. The second-order valence-corrected chi connectivity index (χ2v) is 8.59. The molecule has 0 N–H and O–H groups in total. The summed E-state index contributed by atoms with van der Waals surface area (Å²) < 4.78 is 45.2. The molecule has 1 fully saturated rings. The predicted molar refractivity (Wildman–Crippen MR) is 124 cm³/mol. The summed E-state index contributed by atoms with van der Waals surface area (Å²) in [6, 6.07) is 21.5. The van der Waals surface area contributed by atoms with Gasteiger partial charge in [-0.2, -0.15) is 13.2 Å². The van der Waals surface area contributed by atoms with E-state index in [0.29, 0.717) is 17.3 Å². The number of amides is 1. The standard InChI is InChI=1S/C24H16F3NO2S2/c25-24(26,27)18-9-5-10-19(14-18)28-22(29)21(32-23(28)31)13-17-8-4-11-20(12-17)30-15-16-6-2-1-3-7-16/h1-14H,15H2/b21-13+. The molecule has 4 rings (SSSR count). The molecule has 0 atom stereocenters. The molecule has 0 aliphatic carbocycles. The molecule has 3 nitrogen and oxygen atoms in total. The van der Waals surface area contributed by atoms with E-state index in [-0.39, 0.29) is 10.0 Å². The van der Waals surface area contributed by atoms with Crippen molar-refractivity contribution in [2.75, 3.05) is 4.90 Å². The topological polar surface area (TPSA) is 29.5 Å². The van der Waals surface area contributed by atoms with Gasteiger partial charge < -0.3 is 4.74 Å². The van der Waals surface area contributed by atoms with Crippen LogP contribution in [0.4, 0.5) is 18.9 Å². The summed E-state index contributed by atoms with van der Waals surface area (Å²) in [5.74, 6) is 0.172. The third-order valence-corrected chi connectivity index (χ3v) is 5.93. The number of rotatable bonds is 5. The first-order valence-electron chi connectivity index (χ1n) is 9.53. The number of thiocarbonyl (C=S) groups is 1. The van der Waals surface area contributed by atoms with Crippen LogP contribution in [0.15, 0.2) is 83.8 Å². The quantitative estimate of drug-likeness (QED) is 0.306. The molecule has 1 aliphatic rings. The zero-order valence-electron chi connectivity index (χ0n) is 16.5. The minimum absolute atomic E-state index is 0.0886. The Labute approximate surface area is 192 Å². The maximum absolute atomic E-state index is 13.1. The molecule has 3 aromatic rings. The molecule has 1 heterocycles. The molecule has 8 heteroatoms. The zero-order chi connectivity index (χ0) is 22.7. The van der Waals surface area contributed by atoms with Gasteiger partial charge >= 0.3 is 6.18 Å². The van der Waals surface area contributed by atoms with Gasteiger partial charge in [-0.3, -0.25) is 9.69 Å². The van der Waals surface area contributed by atoms with Gasteiger partial charge in [0.1, 0.15) is 12.4 Å². The SMILES string of the molecule is O=C1/C(=C\c2cccc(OCc3ccccc3)c2)SC(=S)N1c1cccc(C(F)(F)F)c1. The lowest BCUT2D eigenvalue weighted by atomic mass is 10.1. The maximum atomic E-state index is 13.1. The normalized spacial score (nSPS) is 15.5. The first-order valence-corrected chi connectivity index (χ1v) is 10.8. The summed E-state index contributed by atoms with van der Waals surface area (Å²) in [6.07, 6.45) is -2.85. The van der Waals surface area contributed by atoms with Gasteiger partial charge in [0.05, 0.1) is 16.2 Å². The number of halogens is 3. The van der Waals surface area contributed by atoms with Crippen molar-refractivity contribution in [3.05, 3.63) is 100 Å². The van der Waals surface area contributed by atoms with Crippen LogP contribution in [0, 0.1) is 0 Å². The predicted octanol–water partition coefficient (Wildman–Crippen LogP) is 6.69. The van der Waals surface area contributed by atoms with Crippen LogP contribution in [0.1, 0.15) is 16.7 Å². The number of nitrogens with zero attached hydrogens (tertiary/aromatic N) is 1. The van der Waals surface area contributed by atoms with Crippen molar-refractivity contribution in [2.24, 2.45) is 0 Å². The molecular formula is C24H16F3NO2S2. The summed E-state index contributed by atoms with van der Waals surface area (Å²) in [5, 5.41) is 0. The first kappa shape index (κ1) is 22.1. The minimum Gasteiger partial charge on any atom is -0.489 e. The van der Waals surface area contributed by atoms with Gasteiger partial charge in [-0.1, -0.05) is 72.5 Å². The number of carbonyl (C=O) groups is 1. The van der Waals surface area contributed by atoms with E-state index < -0.39 is 17.6 Å². The monoisotopic (exact) mass is 471 g/mol. The summed E-state index contributed by atoms with van der Waals surface area (Å²) in [6.45, 7) is 0.405. The number of anilines is 1. The number of carbonyl (C=O) groups excluding carboxylic acids is 1. The number of thioether (sulfide) groups is 1. The Hall–Kier alpha value is -3.10. The average molecular weight is 472 g/mol. The van der Waals surface area contributed by atoms with Crippen LogP contribution in [0.2, 0.25) is 0 Å². The van der Waals surface area contributed by atoms with Gasteiger partial charge in [0, 0.05) is 0 Å². The molecule has 0 saturated carbocycles. The highest BCUT2D eigenvalue weighted by Crippen LogP contribution is 2.38. The molecule has 32 heavy (non-hydrogen) atoms. The van der Waals surface area contributed by atoms with Gasteiger partial charge in [-0.15, -0.1) is 0 Å². The molecule has 0 bridgehead atoms. The van der Waals surface area contributed by atoms with Crippen molar-refractivity contribution in [3.63, 3.8) is 0 Å². The summed E-state index contributed by atoms with van der Waals surface area (Å²) in [5.41, 5.74) is 1.00. The molecule has 1 amide bonds. The molecular weight excluding hydrogens is 455 g/mol. The number of hydrogen-bond acceptors (Lipinski definition) is 4. The van der Waals surface area contributed by atoms with E-state index in [1.165, 1.54) is 12.1 Å². The molecule has 0 spiro atoms. The fraction of sp³-hybridized carbons (Fsp3) is 0.0833. The van der Waals surface area contributed by atoms with Crippen molar-refractivity contribution in [1.29, 1.82) is 0 Å². The van der Waals surface area contributed by atoms with E-state index in [9.17, 15) is 18.0 Å². The Bertz CT molecular complexity index is 1190. The Balaban J connectivity index is 1.53. The number of benzene rings is 3. The molecule has 1 saturated heterocycles. The van der Waals surface area contributed by atoms with E-state index in [1.807, 2.05) is 42.5 Å². The Morgan fingerprint density at radius 3 is 2.47 bits per heavy atom. The van der Waals surface area contributed by atoms with Crippen LogP contribution < -0.4 is 9.64 Å². The van der Waals surface area contributed by atoms with Crippen molar-refractivity contribution in [1.82, 2.24) is 0 Å². The molecule has 0 unspecified atom stereocenters. The smallest absolute Gasteiger partial charge is 0.416 e. The largest absolute Gasteiger partial charge is 0.489 e. The highest BCUT2D eigenvalue weighted by atomic mass is 32.2. The number of hydrogen-bond donors (Lipinski definition) is 0. The lowest BCUT2D eigenvalue weighted by Crippen LogP contribution is -2.27. The maximum Gasteiger partial charge on any atom is 0.416 e. The number of ether oxygens (including phenoxy) is 1. The fourth-order valence-electron chi connectivity index (χ4n) is 3.10. The molecule has 0 aromatic heterocycles. The summed E-state index contributed by atoms with van der Waals surface area (Å²) >= 11 is 6.32. The fourth-order valence-corrected chi connectivity index (χ4v) is 4.40. The van der Waals surface area contributed by atoms with Crippen molar-refractivity contribution >= 4 is 46.0 Å². The summed E-state index contributed by atoms with van der Waals surface area (Å²) in [4.78, 5) is 14.4. The highest BCUT2D eigenvalue weighted by molar-refractivity contribution is 8.27. The van der Waals surface area contributed by atoms with E-state index in [0.717, 1.165) is 39.9 Å². The van der Waals surface area contributed by atoms with Crippen LogP contribution >= 0.6 is 24.0 Å². The van der Waals surface area contributed by atoms with Crippen molar-refractivity contribution in [2.45, 2.75) is 12.8 Å². The molecule has 0 radical (unpaired) electrons. The van der Waals surface area contributed by atoms with Gasteiger partial charge in [0.2, 0.25) is 0 Å². The van der Waals surface area contributed by atoms with Crippen LogP contribution in [0.3, 0.4) is 0 Å². The third-order valence-electron chi connectivity index (χ3n) is 4.63. The summed E-state index contributed by atoms with van der Waals surface area (Å²) in [7, 11) is 0. The molecule has 1 aliphatic heterocycles. The van der Waals surface area contributed by atoms with E-state index >= 15 is 0 Å². The Morgan fingerprint density at radius 2 is 1.72 bits per heavy atom.